The lowest BCUT2D eigenvalue weighted by molar-refractivity contribution is -0.117. The third kappa shape index (κ3) is 2.86. The monoisotopic (exact) mass is 262 g/mol. The Labute approximate surface area is 112 Å². The van der Waals surface area contributed by atoms with Gasteiger partial charge < -0.3 is 15.0 Å². The summed E-state index contributed by atoms with van der Waals surface area (Å²) in [7, 11) is 1.61. The second kappa shape index (κ2) is 5.30. The molecular formula is C14H18N2O3. The Morgan fingerprint density at radius 2 is 2.26 bits per heavy atom. The number of ketones is 1. The van der Waals surface area contributed by atoms with Crippen LogP contribution in [0.5, 0.6) is 5.75 Å². The van der Waals surface area contributed by atoms with Gasteiger partial charge in [-0.2, -0.15) is 0 Å². The molecule has 5 nitrogen and oxygen atoms in total. The van der Waals surface area contributed by atoms with Crippen molar-refractivity contribution >= 4 is 11.8 Å². The average Bonchev–Trinajstić information content (AvgIpc) is 2.70. The van der Waals surface area contributed by atoms with E-state index in [0.717, 1.165) is 16.9 Å². The Hall–Kier alpha value is -2.04. The predicted molar refractivity (Wildman–Crippen MR) is 71.3 cm³/mol. The summed E-state index contributed by atoms with van der Waals surface area (Å²) in [6, 6.07) is 5.52. The van der Waals surface area contributed by atoms with E-state index in [1.165, 1.54) is 11.8 Å². The molecule has 102 valence electrons. The van der Waals surface area contributed by atoms with Gasteiger partial charge in [-0.1, -0.05) is 17.7 Å². The fourth-order valence-electron chi connectivity index (χ4n) is 2.30. The normalized spacial score (nSPS) is 18.4. The number of hydrogen-bond acceptors (Lipinski definition) is 3. The zero-order chi connectivity index (χ0) is 14.0. The molecule has 2 rings (SSSR count). The molecule has 1 aliphatic heterocycles. The largest absolute Gasteiger partial charge is 0.496 e. The molecular weight excluding hydrogens is 244 g/mol. The molecule has 2 amide bonds. The lowest BCUT2D eigenvalue weighted by Crippen LogP contribution is -2.32. The summed E-state index contributed by atoms with van der Waals surface area (Å²) in [6.45, 7) is 4.11. The highest BCUT2D eigenvalue weighted by atomic mass is 16.5. The Morgan fingerprint density at radius 3 is 2.89 bits per heavy atom. The zero-order valence-electron chi connectivity index (χ0n) is 11.4. The van der Waals surface area contributed by atoms with E-state index in [-0.39, 0.29) is 24.4 Å². The van der Waals surface area contributed by atoms with Gasteiger partial charge in [0, 0.05) is 12.1 Å². The summed E-state index contributed by atoms with van der Waals surface area (Å²) >= 11 is 0. The molecule has 1 saturated heterocycles. The van der Waals surface area contributed by atoms with Crippen molar-refractivity contribution < 1.29 is 14.3 Å². The summed E-state index contributed by atoms with van der Waals surface area (Å²) in [5.41, 5.74) is 2.05. The first kappa shape index (κ1) is 13.4. The topological polar surface area (TPSA) is 58.6 Å². The van der Waals surface area contributed by atoms with E-state index < -0.39 is 0 Å². The molecule has 1 unspecified atom stereocenters. The minimum absolute atomic E-state index is 0.0213. The van der Waals surface area contributed by atoms with E-state index in [0.29, 0.717) is 6.54 Å². The molecule has 19 heavy (non-hydrogen) atoms. The van der Waals surface area contributed by atoms with E-state index >= 15 is 0 Å². The summed E-state index contributed by atoms with van der Waals surface area (Å²) in [5.74, 6) is 0.729. The van der Waals surface area contributed by atoms with Crippen molar-refractivity contribution in [3.8, 4) is 5.75 Å². The van der Waals surface area contributed by atoms with Crippen molar-refractivity contribution in [1.29, 1.82) is 0 Å². The van der Waals surface area contributed by atoms with Gasteiger partial charge >= 0.3 is 6.03 Å². The Bertz CT molecular complexity index is 513. The van der Waals surface area contributed by atoms with Gasteiger partial charge in [-0.05, 0) is 19.9 Å². The fourth-order valence-corrected chi connectivity index (χ4v) is 2.30. The van der Waals surface area contributed by atoms with Crippen LogP contribution in [-0.4, -0.2) is 36.9 Å². The number of rotatable bonds is 4. The molecule has 0 saturated carbocycles. The number of carbonyl (C=O) groups excluding carboxylic acids is 2. The molecule has 0 spiro atoms. The standard InChI is InChI=1S/C14H18N2O3/c1-9-4-5-13(19-3)11(6-9)12-8-16(7-10(2)17)14(18)15-12/h4-6,12H,7-8H2,1-3H3,(H,15,18). The quantitative estimate of drug-likeness (QED) is 0.897. The number of nitrogens with zero attached hydrogens (tertiary/aromatic N) is 1. The number of aryl methyl sites for hydroxylation is 1. The Balaban J connectivity index is 2.22. The van der Waals surface area contributed by atoms with Crippen molar-refractivity contribution in [2.75, 3.05) is 20.2 Å². The van der Waals surface area contributed by atoms with Crippen molar-refractivity contribution in [1.82, 2.24) is 10.2 Å². The first-order valence-corrected chi connectivity index (χ1v) is 6.20. The molecule has 0 aromatic heterocycles. The third-order valence-corrected chi connectivity index (χ3v) is 3.16. The highest BCUT2D eigenvalue weighted by Gasteiger charge is 2.31. The molecule has 1 aromatic carbocycles. The van der Waals surface area contributed by atoms with Gasteiger partial charge in [0.1, 0.15) is 11.5 Å². The number of nitrogens with one attached hydrogen (secondary N) is 1. The molecule has 1 atom stereocenters. The molecule has 0 aliphatic carbocycles. The average molecular weight is 262 g/mol. The molecule has 1 fully saturated rings. The first-order valence-electron chi connectivity index (χ1n) is 6.20. The Morgan fingerprint density at radius 1 is 1.53 bits per heavy atom. The number of ether oxygens (including phenoxy) is 1. The van der Waals surface area contributed by atoms with E-state index in [4.69, 9.17) is 4.74 Å². The second-order valence-corrected chi connectivity index (χ2v) is 4.83. The number of urea groups is 1. The van der Waals surface area contributed by atoms with Gasteiger partial charge in [-0.3, -0.25) is 4.79 Å². The first-order chi connectivity index (χ1) is 9.01. The van der Waals surface area contributed by atoms with Gasteiger partial charge in [0.2, 0.25) is 0 Å². The minimum Gasteiger partial charge on any atom is -0.496 e. The van der Waals surface area contributed by atoms with Gasteiger partial charge in [0.25, 0.3) is 0 Å². The minimum atomic E-state index is -0.205. The number of benzene rings is 1. The molecule has 1 N–H and O–H groups in total. The number of methoxy groups -OCH3 is 1. The maximum Gasteiger partial charge on any atom is 0.318 e. The van der Waals surface area contributed by atoms with E-state index in [1.54, 1.807) is 7.11 Å². The maximum absolute atomic E-state index is 11.8. The second-order valence-electron chi connectivity index (χ2n) is 4.83. The third-order valence-electron chi connectivity index (χ3n) is 3.16. The summed E-state index contributed by atoms with van der Waals surface area (Å²) in [4.78, 5) is 24.4. The Kier molecular flexibility index (Phi) is 3.74. The number of amides is 2. The number of Topliss-reactive ketones (excluding diaryl/α,β-unsaturated/α-hetero) is 1. The van der Waals surface area contributed by atoms with Gasteiger partial charge in [-0.25, -0.2) is 4.79 Å². The summed E-state index contributed by atoms with van der Waals surface area (Å²) in [6.07, 6.45) is 0. The van der Waals surface area contributed by atoms with Crippen LogP contribution in [0.25, 0.3) is 0 Å². The lowest BCUT2D eigenvalue weighted by atomic mass is 10.0. The highest BCUT2D eigenvalue weighted by Crippen LogP contribution is 2.29. The van der Waals surface area contributed by atoms with Crippen LogP contribution in [0.3, 0.4) is 0 Å². The SMILES string of the molecule is COc1ccc(C)cc1C1CN(CC(C)=O)C(=O)N1. The number of hydrogen-bond donors (Lipinski definition) is 1. The number of carbonyl (C=O) groups is 2. The highest BCUT2D eigenvalue weighted by molar-refractivity contribution is 5.85. The van der Waals surface area contributed by atoms with Crippen LogP contribution in [0.4, 0.5) is 4.79 Å². The molecule has 1 aromatic rings. The van der Waals surface area contributed by atoms with E-state index in [1.807, 2.05) is 25.1 Å². The van der Waals surface area contributed by atoms with Gasteiger partial charge in [0.05, 0.1) is 19.7 Å². The van der Waals surface area contributed by atoms with Crippen molar-refractivity contribution in [2.24, 2.45) is 0 Å². The molecule has 0 bridgehead atoms. The zero-order valence-corrected chi connectivity index (χ0v) is 11.4. The summed E-state index contributed by atoms with van der Waals surface area (Å²) in [5, 5.41) is 2.88. The smallest absolute Gasteiger partial charge is 0.318 e. The van der Waals surface area contributed by atoms with Crippen LogP contribution in [0.15, 0.2) is 18.2 Å². The lowest BCUT2D eigenvalue weighted by Gasteiger charge is -2.15. The summed E-state index contributed by atoms with van der Waals surface area (Å²) < 4.78 is 5.33. The van der Waals surface area contributed by atoms with Crippen molar-refractivity contribution in [3.63, 3.8) is 0 Å². The molecule has 5 heteroatoms. The fraction of sp³-hybridized carbons (Fsp3) is 0.429. The van der Waals surface area contributed by atoms with Crippen LogP contribution < -0.4 is 10.1 Å². The van der Waals surface area contributed by atoms with E-state index in [9.17, 15) is 9.59 Å². The van der Waals surface area contributed by atoms with E-state index in [2.05, 4.69) is 5.32 Å². The van der Waals surface area contributed by atoms with Crippen LogP contribution in [-0.2, 0) is 4.79 Å². The van der Waals surface area contributed by atoms with Crippen molar-refractivity contribution in [2.45, 2.75) is 19.9 Å². The molecule has 1 heterocycles. The van der Waals surface area contributed by atoms with Crippen LogP contribution in [0.1, 0.15) is 24.1 Å². The molecule has 0 radical (unpaired) electrons. The van der Waals surface area contributed by atoms with Crippen LogP contribution in [0, 0.1) is 6.92 Å². The van der Waals surface area contributed by atoms with Crippen molar-refractivity contribution in [3.05, 3.63) is 29.3 Å². The van der Waals surface area contributed by atoms with Gasteiger partial charge in [0.15, 0.2) is 0 Å². The predicted octanol–water partition coefficient (Wildman–Crippen LogP) is 1.66. The van der Waals surface area contributed by atoms with Gasteiger partial charge in [-0.15, -0.1) is 0 Å². The van der Waals surface area contributed by atoms with Crippen LogP contribution in [0.2, 0.25) is 0 Å². The maximum atomic E-state index is 11.8. The van der Waals surface area contributed by atoms with Crippen LogP contribution >= 0.6 is 0 Å². The molecule has 1 aliphatic rings.